The molecule has 3 rings (SSSR count). The van der Waals surface area contributed by atoms with Crippen molar-refractivity contribution in [1.29, 1.82) is 0 Å². The summed E-state index contributed by atoms with van der Waals surface area (Å²) in [5.74, 6) is 0.901. The zero-order valence-electron chi connectivity index (χ0n) is 14.2. The smallest absolute Gasteiger partial charge is 0.124 e. The van der Waals surface area contributed by atoms with E-state index in [1.807, 2.05) is 12.1 Å². The van der Waals surface area contributed by atoms with Crippen LogP contribution >= 0.6 is 0 Å². The quantitative estimate of drug-likeness (QED) is 0.840. The summed E-state index contributed by atoms with van der Waals surface area (Å²) in [6.45, 7) is 2.67. The first kappa shape index (κ1) is 17.0. The summed E-state index contributed by atoms with van der Waals surface area (Å²) < 4.78 is 5.82. The lowest BCUT2D eigenvalue weighted by Crippen LogP contribution is -2.35. The first-order valence-corrected chi connectivity index (χ1v) is 8.99. The first-order chi connectivity index (χ1) is 11.9. The number of nitrogens with zero attached hydrogens (tertiary/aromatic N) is 1. The number of ether oxygens (including phenoxy) is 1. The molecule has 1 unspecified atom stereocenters. The Kier molecular flexibility index (Phi) is 6.27. The summed E-state index contributed by atoms with van der Waals surface area (Å²) >= 11 is 0. The molecular formula is C21H27NO2. The predicted octanol–water partition coefficient (Wildman–Crippen LogP) is 3.83. The van der Waals surface area contributed by atoms with Gasteiger partial charge in [0.05, 0.1) is 6.61 Å². The van der Waals surface area contributed by atoms with Gasteiger partial charge >= 0.3 is 0 Å². The zero-order chi connectivity index (χ0) is 16.6. The molecule has 0 amide bonds. The van der Waals surface area contributed by atoms with Gasteiger partial charge in [-0.25, -0.2) is 0 Å². The maximum absolute atomic E-state index is 9.11. The Hall–Kier alpha value is -1.84. The van der Waals surface area contributed by atoms with Crippen LogP contribution in [-0.4, -0.2) is 36.3 Å². The molecule has 2 aromatic carbocycles. The molecule has 0 aromatic heterocycles. The second-order valence-electron chi connectivity index (χ2n) is 6.41. The number of hydrogen-bond donors (Lipinski definition) is 1. The Bertz CT molecular complexity index is 608. The normalized spacial score (nSPS) is 16.7. The molecule has 24 heavy (non-hydrogen) atoms. The van der Waals surface area contributed by atoms with Crippen LogP contribution in [-0.2, 0) is 6.42 Å². The molecule has 0 bridgehead atoms. The van der Waals surface area contributed by atoms with Gasteiger partial charge in [-0.2, -0.15) is 0 Å². The molecule has 3 heteroatoms. The van der Waals surface area contributed by atoms with Crippen molar-refractivity contribution in [3.8, 4) is 5.75 Å². The summed E-state index contributed by atoms with van der Waals surface area (Å²) in [7, 11) is 0. The summed E-state index contributed by atoms with van der Waals surface area (Å²) in [6, 6.07) is 19.3. The number of benzene rings is 2. The van der Waals surface area contributed by atoms with Crippen molar-refractivity contribution in [1.82, 2.24) is 4.90 Å². The molecular weight excluding hydrogens is 298 g/mol. The van der Waals surface area contributed by atoms with Crippen LogP contribution < -0.4 is 4.74 Å². The minimum absolute atomic E-state index is 0.0431. The van der Waals surface area contributed by atoms with Gasteiger partial charge < -0.3 is 9.84 Å². The molecule has 0 aliphatic carbocycles. The van der Waals surface area contributed by atoms with Crippen molar-refractivity contribution < 1.29 is 9.84 Å². The van der Waals surface area contributed by atoms with E-state index in [-0.39, 0.29) is 6.61 Å². The van der Waals surface area contributed by atoms with Crippen LogP contribution in [0.2, 0.25) is 0 Å². The molecule has 3 nitrogen and oxygen atoms in total. The minimum atomic E-state index is 0.0431. The fourth-order valence-electron chi connectivity index (χ4n) is 3.55. The van der Waals surface area contributed by atoms with Gasteiger partial charge in [-0.3, -0.25) is 4.90 Å². The van der Waals surface area contributed by atoms with E-state index < -0.39 is 0 Å². The number of aliphatic hydroxyl groups excluding tert-OH is 1. The number of aliphatic hydroxyl groups is 1. The highest BCUT2D eigenvalue weighted by Crippen LogP contribution is 2.33. The van der Waals surface area contributed by atoms with E-state index >= 15 is 0 Å². The van der Waals surface area contributed by atoms with Crippen LogP contribution in [0.1, 0.15) is 36.4 Å². The van der Waals surface area contributed by atoms with E-state index in [0.717, 1.165) is 25.3 Å². The van der Waals surface area contributed by atoms with Gasteiger partial charge in [0, 0.05) is 11.6 Å². The van der Waals surface area contributed by atoms with E-state index in [9.17, 15) is 0 Å². The Morgan fingerprint density at radius 2 is 1.62 bits per heavy atom. The van der Waals surface area contributed by atoms with Crippen molar-refractivity contribution in [2.45, 2.75) is 31.7 Å². The summed E-state index contributed by atoms with van der Waals surface area (Å²) in [5.41, 5.74) is 2.58. The molecule has 1 saturated heterocycles. The molecule has 0 radical (unpaired) electrons. The standard InChI is InChI=1S/C21H27NO2/c23-15-16-24-21-12-6-5-11-19(21)20(22-13-7-2-8-14-22)17-18-9-3-1-4-10-18/h1,3-6,9-12,20,23H,2,7-8,13-17H2. The highest BCUT2D eigenvalue weighted by molar-refractivity contribution is 5.37. The molecule has 1 aliphatic rings. The Balaban J connectivity index is 1.88. The van der Waals surface area contributed by atoms with Gasteiger partial charge in [-0.1, -0.05) is 55.0 Å². The maximum Gasteiger partial charge on any atom is 0.124 e. The van der Waals surface area contributed by atoms with Crippen molar-refractivity contribution in [3.05, 3.63) is 65.7 Å². The lowest BCUT2D eigenvalue weighted by atomic mass is 9.94. The Morgan fingerprint density at radius 1 is 0.917 bits per heavy atom. The number of piperidine rings is 1. The largest absolute Gasteiger partial charge is 0.491 e. The highest BCUT2D eigenvalue weighted by atomic mass is 16.5. The molecule has 1 heterocycles. The number of para-hydroxylation sites is 1. The number of hydrogen-bond acceptors (Lipinski definition) is 3. The third-order valence-electron chi connectivity index (χ3n) is 4.73. The molecule has 0 saturated carbocycles. The summed E-state index contributed by atoms with van der Waals surface area (Å²) in [4.78, 5) is 2.59. The molecule has 128 valence electrons. The number of rotatable bonds is 7. The van der Waals surface area contributed by atoms with Gasteiger partial charge in [0.15, 0.2) is 0 Å². The van der Waals surface area contributed by atoms with Gasteiger partial charge in [-0.15, -0.1) is 0 Å². The van der Waals surface area contributed by atoms with E-state index in [2.05, 4.69) is 47.4 Å². The third-order valence-corrected chi connectivity index (χ3v) is 4.73. The Labute approximate surface area is 144 Å². The average Bonchev–Trinajstić information content (AvgIpc) is 2.66. The molecule has 1 N–H and O–H groups in total. The van der Waals surface area contributed by atoms with Crippen molar-refractivity contribution in [2.75, 3.05) is 26.3 Å². The Morgan fingerprint density at radius 3 is 2.38 bits per heavy atom. The zero-order valence-corrected chi connectivity index (χ0v) is 14.2. The van der Waals surface area contributed by atoms with Gasteiger partial charge in [0.1, 0.15) is 12.4 Å². The van der Waals surface area contributed by atoms with E-state index in [1.54, 1.807) is 0 Å². The average molecular weight is 325 g/mol. The second kappa shape index (κ2) is 8.86. The topological polar surface area (TPSA) is 32.7 Å². The van der Waals surface area contributed by atoms with Crippen LogP contribution in [0.3, 0.4) is 0 Å². The third kappa shape index (κ3) is 4.37. The van der Waals surface area contributed by atoms with Crippen LogP contribution in [0.25, 0.3) is 0 Å². The van der Waals surface area contributed by atoms with E-state index in [0.29, 0.717) is 12.6 Å². The lowest BCUT2D eigenvalue weighted by molar-refractivity contribution is 0.154. The monoisotopic (exact) mass is 325 g/mol. The van der Waals surface area contributed by atoms with Crippen LogP contribution in [0.4, 0.5) is 0 Å². The fourth-order valence-corrected chi connectivity index (χ4v) is 3.55. The van der Waals surface area contributed by atoms with Gasteiger partial charge in [0.2, 0.25) is 0 Å². The molecule has 0 spiro atoms. The van der Waals surface area contributed by atoms with Crippen molar-refractivity contribution in [2.24, 2.45) is 0 Å². The number of likely N-dealkylation sites (tertiary alicyclic amines) is 1. The van der Waals surface area contributed by atoms with Gasteiger partial charge in [-0.05, 0) is 44.0 Å². The van der Waals surface area contributed by atoms with E-state index in [1.165, 1.54) is 30.4 Å². The first-order valence-electron chi connectivity index (χ1n) is 8.99. The van der Waals surface area contributed by atoms with Gasteiger partial charge in [0.25, 0.3) is 0 Å². The second-order valence-corrected chi connectivity index (χ2v) is 6.41. The van der Waals surface area contributed by atoms with Crippen LogP contribution in [0.5, 0.6) is 5.75 Å². The summed E-state index contributed by atoms with van der Waals surface area (Å²) in [6.07, 6.45) is 4.85. The minimum Gasteiger partial charge on any atom is -0.491 e. The highest BCUT2D eigenvalue weighted by Gasteiger charge is 2.25. The molecule has 1 aliphatic heterocycles. The summed E-state index contributed by atoms with van der Waals surface area (Å²) in [5, 5.41) is 9.11. The van der Waals surface area contributed by atoms with E-state index in [4.69, 9.17) is 9.84 Å². The molecule has 2 aromatic rings. The maximum atomic E-state index is 9.11. The van der Waals surface area contributed by atoms with Crippen LogP contribution in [0, 0.1) is 0 Å². The van der Waals surface area contributed by atoms with Crippen LogP contribution in [0.15, 0.2) is 54.6 Å². The predicted molar refractivity (Wildman–Crippen MR) is 97.3 cm³/mol. The van der Waals surface area contributed by atoms with Crippen molar-refractivity contribution in [3.63, 3.8) is 0 Å². The lowest BCUT2D eigenvalue weighted by Gasteiger charge is -2.35. The SMILES string of the molecule is OCCOc1ccccc1C(Cc1ccccc1)N1CCCCC1. The molecule has 1 fully saturated rings. The fraction of sp³-hybridized carbons (Fsp3) is 0.429. The molecule has 1 atom stereocenters. The van der Waals surface area contributed by atoms with Crippen molar-refractivity contribution >= 4 is 0 Å².